The van der Waals surface area contributed by atoms with Crippen molar-refractivity contribution in [3.63, 3.8) is 0 Å². The van der Waals surface area contributed by atoms with Gasteiger partial charge in [-0.05, 0) is 24.3 Å². The summed E-state index contributed by atoms with van der Waals surface area (Å²) in [7, 11) is 1.22. The van der Waals surface area contributed by atoms with Crippen molar-refractivity contribution in [2.75, 3.05) is 7.11 Å². The lowest BCUT2D eigenvalue weighted by Crippen LogP contribution is -2.18. The van der Waals surface area contributed by atoms with Crippen LogP contribution in [0.2, 0.25) is 5.15 Å². The van der Waals surface area contributed by atoms with Crippen LogP contribution < -0.4 is 0 Å². The molecule has 1 unspecified atom stereocenters. The molecule has 1 aromatic carbocycles. The predicted octanol–water partition coefficient (Wildman–Crippen LogP) is 3.98. The van der Waals surface area contributed by atoms with E-state index in [1.165, 1.54) is 14.0 Å². The van der Waals surface area contributed by atoms with E-state index >= 15 is 0 Å². The summed E-state index contributed by atoms with van der Waals surface area (Å²) in [6.45, 7) is 4.88. The lowest BCUT2D eigenvalue weighted by molar-refractivity contribution is -0.147. The summed E-state index contributed by atoms with van der Waals surface area (Å²) < 4.78 is 10.7. The first kappa shape index (κ1) is 17.4. The summed E-state index contributed by atoms with van der Waals surface area (Å²) >= 11 is 9.58. The van der Waals surface area contributed by atoms with E-state index in [0.29, 0.717) is 11.1 Å². The maximum atomic E-state index is 11.8. The van der Waals surface area contributed by atoms with E-state index in [2.05, 4.69) is 32.2 Å². The van der Waals surface area contributed by atoms with Gasteiger partial charge in [0.2, 0.25) is 0 Å². The second-order valence-corrected chi connectivity index (χ2v) is 5.99. The Hall–Kier alpha value is -1.92. The number of pyridine rings is 1. The number of esters is 2. The number of methoxy groups -OCH3 is 1. The van der Waals surface area contributed by atoms with E-state index in [4.69, 9.17) is 16.3 Å². The number of rotatable bonds is 4. The summed E-state index contributed by atoms with van der Waals surface area (Å²) in [4.78, 5) is 27.4. The number of hydrogen-bond acceptors (Lipinski definition) is 5. The lowest BCUT2D eigenvalue weighted by Gasteiger charge is -2.19. The highest BCUT2D eigenvalue weighted by Gasteiger charge is 2.27. The van der Waals surface area contributed by atoms with Gasteiger partial charge < -0.3 is 9.47 Å². The Bertz CT molecular complexity index is 806. The van der Waals surface area contributed by atoms with Gasteiger partial charge in [0.15, 0.2) is 6.10 Å². The van der Waals surface area contributed by atoms with Crippen LogP contribution in [0.5, 0.6) is 0 Å². The molecule has 7 heteroatoms. The molecule has 0 saturated carbocycles. The van der Waals surface area contributed by atoms with E-state index in [9.17, 15) is 9.59 Å². The first-order valence-electron chi connectivity index (χ1n) is 6.53. The largest absolute Gasteiger partial charge is 0.466 e. The predicted molar refractivity (Wildman–Crippen MR) is 90.1 cm³/mol. The Morgan fingerprint density at radius 1 is 1.35 bits per heavy atom. The van der Waals surface area contributed by atoms with Crippen LogP contribution in [0.4, 0.5) is 0 Å². The van der Waals surface area contributed by atoms with Gasteiger partial charge in [0, 0.05) is 22.3 Å². The third kappa shape index (κ3) is 3.89. The van der Waals surface area contributed by atoms with E-state index in [1.807, 2.05) is 12.1 Å². The Morgan fingerprint density at radius 3 is 2.65 bits per heavy atom. The van der Waals surface area contributed by atoms with Crippen LogP contribution in [0.3, 0.4) is 0 Å². The summed E-state index contributed by atoms with van der Waals surface area (Å²) in [5, 5.41) is 0.893. The molecule has 5 nitrogen and oxygen atoms in total. The molecule has 0 N–H and O–H groups in total. The van der Waals surface area contributed by atoms with E-state index < -0.39 is 18.0 Å². The molecule has 1 atom stereocenters. The van der Waals surface area contributed by atoms with Crippen molar-refractivity contribution in [2.24, 2.45) is 0 Å². The molecule has 0 aliphatic heterocycles. The average molecular weight is 399 g/mol. The van der Waals surface area contributed by atoms with Gasteiger partial charge >= 0.3 is 11.9 Å². The number of ether oxygens (including phenoxy) is 2. The second-order valence-electron chi connectivity index (χ2n) is 4.71. The Balaban J connectivity index is 2.59. The quantitative estimate of drug-likeness (QED) is 0.443. The Kier molecular flexibility index (Phi) is 5.38. The summed E-state index contributed by atoms with van der Waals surface area (Å²) in [6, 6.07) is 7.18. The van der Waals surface area contributed by atoms with Crippen LogP contribution in [0.25, 0.3) is 10.9 Å². The van der Waals surface area contributed by atoms with Crippen LogP contribution in [0.15, 0.2) is 40.9 Å². The van der Waals surface area contributed by atoms with Crippen molar-refractivity contribution in [3.8, 4) is 0 Å². The minimum absolute atomic E-state index is 0.0410. The molecule has 1 aromatic heterocycles. The van der Waals surface area contributed by atoms with Gasteiger partial charge in [-0.2, -0.15) is 0 Å². The van der Waals surface area contributed by atoms with Gasteiger partial charge in [-0.25, -0.2) is 9.78 Å². The van der Waals surface area contributed by atoms with Crippen molar-refractivity contribution < 1.29 is 19.1 Å². The summed E-state index contributed by atoms with van der Waals surface area (Å²) in [6.07, 6.45) is -1.07. The van der Waals surface area contributed by atoms with Gasteiger partial charge in [-0.3, -0.25) is 4.79 Å². The number of hydrogen-bond donors (Lipinski definition) is 0. The van der Waals surface area contributed by atoms with Gasteiger partial charge in [0.1, 0.15) is 5.15 Å². The van der Waals surface area contributed by atoms with Crippen LogP contribution >= 0.6 is 27.5 Å². The monoisotopic (exact) mass is 397 g/mol. The van der Waals surface area contributed by atoms with Crippen LogP contribution in [-0.4, -0.2) is 24.0 Å². The summed E-state index contributed by atoms with van der Waals surface area (Å²) in [5.74, 6) is -1.27. The van der Waals surface area contributed by atoms with Crippen LogP contribution in [0.1, 0.15) is 18.6 Å². The minimum Gasteiger partial charge on any atom is -0.466 e. The molecule has 0 spiro atoms. The maximum absolute atomic E-state index is 11.8. The zero-order valence-electron chi connectivity index (χ0n) is 12.4. The lowest BCUT2D eigenvalue weighted by atomic mass is 10.0. The van der Waals surface area contributed by atoms with Crippen molar-refractivity contribution in [1.82, 2.24) is 4.98 Å². The fraction of sp³-hybridized carbons (Fsp3) is 0.188. The number of halogens is 2. The molecule has 0 aliphatic rings. The molecular weight excluding hydrogens is 386 g/mol. The van der Waals surface area contributed by atoms with Crippen LogP contribution in [0, 0.1) is 0 Å². The topological polar surface area (TPSA) is 65.5 Å². The number of aromatic nitrogens is 1. The molecule has 2 rings (SSSR count). The zero-order valence-corrected chi connectivity index (χ0v) is 14.8. The fourth-order valence-electron chi connectivity index (χ4n) is 2.05. The molecule has 0 aliphatic carbocycles. The van der Waals surface area contributed by atoms with Gasteiger partial charge in [0.05, 0.1) is 18.2 Å². The number of fused-ring (bicyclic) bond motifs is 1. The van der Waals surface area contributed by atoms with Crippen molar-refractivity contribution >= 4 is 50.4 Å². The summed E-state index contributed by atoms with van der Waals surface area (Å²) in [5.41, 5.74) is 0.996. The number of benzene rings is 1. The van der Waals surface area contributed by atoms with Gasteiger partial charge in [0.25, 0.3) is 0 Å². The molecule has 23 heavy (non-hydrogen) atoms. The Morgan fingerprint density at radius 2 is 2.04 bits per heavy atom. The molecular formula is C16H13BrClNO4. The minimum atomic E-state index is -1.07. The van der Waals surface area contributed by atoms with Gasteiger partial charge in [-0.1, -0.05) is 34.1 Å². The highest BCUT2D eigenvalue weighted by molar-refractivity contribution is 9.10. The third-order valence-electron chi connectivity index (χ3n) is 3.09. The average Bonchev–Trinajstić information content (AvgIpc) is 2.51. The maximum Gasteiger partial charge on any atom is 0.337 e. The molecule has 1 heterocycles. The zero-order chi connectivity index (χ0) is 17.1. The highest BCUT2D eigenvalue weighted by Crippen LogP contribution is 2.33. The van der Waals surface area contributed by atoms with E-state index in [-0.39, 0.29) is 10.7 Å². The smallest absolute Gasteiger partial charge is 0.337 e. The molecule has 0 amide bonds. The number of carbonyl (C=O) groups is 2. The van der Waals surface area contributed by atoms with E-state index in [1.54, 1.807) is 12.1 Å². The number of carbonyl (C=O) groups excluding carboxylic acids is 2. The Labute approximate surface area is 146 Å². The second kappa shape index (κ2) is 7.10. The molecule has 120 valence electrons. The van der Waals surface area contributed by atoms with Crippen LogP contribution in [-0.2, 0) is 19.1 Å². The van der Waals surface area contributed by atoms with Crippen molar-refractivity contribution in [1.29, 1.82) is 0 Å². The standard InChI is InChI=1S/C16H13BrClNO4/c1-8(16(21)22-3)14(23-9(2)20)12-7-10-6-11(17)4-5-13(10)19-15(12)18/h4-7,14H,1H2,2-3H3. The SMILES string of the molecule is C=C(C(=O)OC)C(OC(C)=O)c1cc2cc(Br)ccc2nc1Cl. The van der Waals surface area contributed by atoms with E-state index in [0.717, 1.165) is 9.86 Å². The fourth-order valence-corrected chi connectivity index (χ4v) is 2.67. The normalized spacial score (nSPS) is 11.8. The molecule has 2 aromatic rings. The van der Waals surface area contributed by atoms with Crippen molar-refractivity contribution in [2.45, 2.75) is 13.0 Å². The molecule has 0 bridgehead atoms. The first-order chi connectivity index (χ1) is 10.8. The van der Waals surface area contributed by atoms with Crippen molar-refractivity contribution in [3.05, 3.63) is 51.6 Å². The highest BCUT2D eigenvalue weighted by atomic mass is 79.9. The molecule has 0 saturated heterocycles. The third-order valence-corrected chi connectivity index (χ3v) is 3.88. The first-order valence-corrected chi connectivity index (χ1v) is 7.70. The number of nitrogens with zero attached hydrogens (tertiary/aromatic N) is 1. The molecule has 0 radical (unpaired) electrons. The molecule has 0 fully saturated rings. The van der Waals surface area contributed by atoms with Gasteiger partial charge in [-0.15, -0.1) is 0 Å².